The second-order valence-corrected chi connectivity index (χ2v) is 6.14. The molecule has 0 radical (unpaired) electrons. The van der Waals surface area contributed by atoms with Crippen LogP contribution in [0, 0.1) is 11.3 Å². The number of esters is 1. The highest BCUT2D eigenvalue weighted by molar-refractivity contribution is 5.75. The molecular formula is C15H24NO2+. The van der Waals surface area contributed by atoms with Crippen molar-refractivity contribution in [1.82, 2.24) is 0 Å². The largest absolute Gasteiger partial charge is 0.404 e. The molecule has 3 nitrogen and oxygen atoms in total. The molecule has 1 heterocycles. The second kappa shape index (κ2) is 5.98. The minimum absolute atomic E-state index is 0.177. The first-order chi connectivity index (χ1) is 8.29. The van der Waals surface area contributed by atoms with Crippen LogP contribution in [0.4, 0.5) is 0 Å². The van der Waals surface area contributed by atoms with Crippen LogP contribution in [0.3, 0.4) is 0 Å². The number of carbonyl (C=O) groups excluding carboxylic acids is 1. The fourth-order valence-corrected chi connectivity index (χ4v) is 1.60. The Morgan fingerprint density at radius 1 is 1.39 bits per heavy atom. The molecule has 0 N–H and O–H groups in total. The minimum atomic E-state index is -0.448. The Labute approximate surface area is 110 Å². The monoisotopic (exact) mass is 250 g/mol. The maximum Gasteiger partial charge on any atom is 0.316 e. The van der Waals surface area contributed by atoms with Gasteiger partial charge in [-0.3, -0.25) is 4.79 Å². The number of carbonyl (C=O) groups is 1. The van der Waals surface area contributed by atoms with Crippen molar-refractivity contribution >= 4 is 5.97 Å². The van der Waals surface area contributed by atoms with Gasteiger partial charge in [0.2, 0.25) is 0 Å². The Balaban J connectivity index is 2.60. The summed E-state index contributed by atoms with van der Waals surface area (Å²) in [5.74, 6) is 0.447. The molecule has 3 heteroatoms. The first kappa shape index (κ1) is 14.7. The van der Waals surface area contributed by atoms with Gasteiger partial charge in [0.1, 0.15) is 0 Å². The number of aromatic nitrogens is 1. The molecule has 0 saturated heterocycles. The quantitative estimate of drug-likeness (QED) is 0.607. The molecule has 18 heavy (non-hydrogen) atoms. The SMILES string of the molecule is CC(C)Cc1ccc[n+](COC(=O)C(C)(C)C)c1. The van der Waals surface area contributed by atoms with Gasteiger partial charge in [-0.15, -0.1) is 0 Å². The van der Waals surface area contributed by atoms with Crippen molar-refractivity contribution in [1.29, 1.82) is 0 Å². The van der Waals surface area contributed by atoms with E-state index in [1.807, 2.05) is 43.8 Å². The van der Waals surface area contributed by atoms with Crippen molar-refractivity contribution in [3.8, 4) is 0 Å². The zero-order valence-corrected chi connectivity index (χ0v) is 12.1. The maximum atomic E-state index is 11.7. The van der Waals surface area contributed by atoms with Crippen LogP contribution in [-0.4, -0.2) is 5.97 Å². The van der Waals surface area contributed by atoms with Crippen molar-refractivity contribution < 1.29 is 14.1 Å². The Morgan fingerprint density at radius 2 is 2.06 bits per heavy atom. The number of hydrogen-bond acceptors (Lipinski definition) is 2. The molecule has 0 unspecified atom stereocenters. The third kappa shape index (κ3) is 4.86. The highest BCUT2D eigenvalue weighted by atomic mass is 16.5. The van der Waals surface area contributed by atoms with Gasteiger partial charge in [-0.1, -0.05) is 13.8 Å². The zero-order valence-electron chi connectivity index (χ0n) is 12.1. The number of rotatable bonds is 4. The van der Waals surface area contributed by atoms with E-state index >= 15 is 0 Å². The molecule has 0 aliphatic carbocycles. The van der Waals surface area contributed by atoms with Gasteiger partial charge in [-0.25, -0.2) is 0 Å². The fourth-order valence-electron chi connectivity index (χ4n) is 1.60. The Morgan fingerprint density at radius 3 is 2.61 bits per heavy atom. The van der Waals surface area contributed by atoms with Gasteiger partial charge in [0.15, 0.2) is 12.4 Å². The lowest BCUT2D eigenvalue weighted by molar-refractivity contribution is -0.728. The van der Waals surface area contributed by atoms with Gasteiger partial charge in [0, 0.05) is 11.6 Å². The van der Waals surface area contributed by atoms with Gasteiger partial charge in [0.05, 0.1) is 5.41 Å². The summed E-state index contributed by atoms with van der Waals surface area (Å²) in [5, 5.41) is 0. The molecule has 0 aliphatic rings. The Kier molecular flexibility index (Phi) is 4.88. The molecule has 0 atom stereocenters. The van der Waals surface area contributed by atoms with E-state index in [0.29, 0.717) is 5.92 Å². The van der Waals surface area contributed by atoms with E-state index in [9.17, 15) is 4.79 Å². The number of hydrogen-bond donors (Lipinski definition) is 0. The van der Waals surface area contributed by atoms with E-state index in [0.717, 1.165) is 6.42 Å². The van der Waals surface area contributed by atoms with E-state index in [-0.39, 0.29) is 12.7 Å². The predicted octanol–water partition coefficient (Wildman–Crippen LogP) is 2.72. The first-order valence-corrected chi connectivity index (χ1v) is 6.44. The summed E-state index contributed by atoms with van der Waals surface area (Å²) in [6, 6.07) is 4.09. The van der Waals surface area contributed by atoms with Crippen LogP contribution >= 0.6 is 0 Å². The number of ether oxygens (including phenoxy) is 1. The zero-order chi connectivity index (χ0) is 13.8. The summed E-state index contributed by atoms with van der Waals surface area (Å²) >= 11 is 0. The van der Waals surface area contributed by atoms with Crippen molar-refractivity contribution in [2.75, 3.05) is 0 Å². The molecule has 0 saturated carbocycles. The molecular weight excluding hydrogens is 226 g/mol. The van der Waals surface area contributed by atoms with E-state index in [1.54, 1.807) is 0 Å². The summed E-state index contributed by atoms with van der Waals surface area (Å²) < 4.78 is 7.18. The standard InChI is InChI=1S/C15H24NO2/c1-12(2)9-13-7-6-8-16(10-13)11-18-14(17)15(3,4)5/h6-8,10,12H,9,11H2,1-5H3/q+1. The third-order valence-corrected chi connectivity index (χ3v) is 2.52. The van der Waals surface area contributed by atoms with Crippen molar-refractivity contribution in [2.45, 2.75) is 47.8 Å². The van der Waals surface area contributed by atoms with Crippen LogP contribution in [0.5, 0.6) is 0 Å². The lowest BCUT2D eigenvalue weighted by atomic mass is 9.98. The highest BCUT2D eigenvalue weighted by Gasteiger charge is 2.24. The normalized spacial score (nSPS) is 11.7. The van der Waals surface area contributed by atoms with Crippen LogP contribution < -0.4 is 4.57 Å². The third-order valence-electron chi connectivity index (χ3n) is 2.52. The molecule has 0 spiro atoms. The van der Waals surface area contributed by atoms with Crippen LogP contribution in [0.25, 0.3) is 0 Å². The Bertz CT molecular complexity index is 405. The van der Waals surface area contributed by atoms with E-state index in [2.05, 4.69) is 19.9 Å². The summed E-state index contributed by atoms with van der Waals surface area (Å²) in [5.41, 5.74) is 0.815. The summed E-state index contributed by atoms with van der Waals surface area (Å²) in [7, 11) is 0. The molecule has 0 fully saturated rings. The lowest BCUT2D eigenvalue weighted by Gasteiger charge is -2.14. The minimum Gasteiger partial charge on any atom is -0.404 e. The smallest absolute Gasteiger partial charge is 0.316 e. The summed E-state index contributed by atoms with van der Waals surface area (Å²) in [4.78, 5) is 11.7. The van der Waals surface area contributed by atoms with Gasteiger partial charge in [0.25, 0.3) is 6.73 Å². The maximum absolute atomic E-state index is 11.7. The van der Waals surface area contributed by atoms with Crippen molar-refractivity contribution in [2.24, 2.45) is 11.3 Å². The topological polar surface area (TPSA) is 30.2 Å². The van der Waals surface area contributed by atoms with Gasteiger partial charge in [-0.2, -0.15) is 4.57 Å². The molecule has 0 amide bonds. The molecule has 0 aliphatic heterocycles. The molecule has 100 valence electrons. The number of pyridine rings is 1. The van der Waals surface area contributed by atoms with Crippen molar-refractivity contribution in [3.05, 3.63) is 30.1 Å². The fraction of sp³-hybridized carbons (Fsp3) is 0.600. The molecule has 1 aromatic heterocycles. The Hall–Kier alpha value is -1.38. The van der Waals surface area contributed by atoms with Crippen LogP contribution in [0.1, 0.15) is 40.2 Å². The average molecular weight is 250 g/mol. The van der Waals surface area contributed by atoms with Gasteiger partial charge < -0.3 is 4.74 Å². The van der Waals surface area contributed by atoms with E-state index in [1.165, 1.54) is 5.56 Å². The van der Waals surface area contributed by atoms with Crippen LogP contribution in [0.2, 0.25) is 0 Å². The average Bonchev–Trinajstić information content (AvgIpc) is 2.24. The van der Waals surface area contributed by atoms with E-state index < -0.39 is 5.41 Å². The molecule has 0 aromatic carbocycles. The highest BCUT2D eigenvalue weighted by Crippen LogP contribution is 2.14. The predicted molar refractivity (Wildman–Crippen MR) is 70.7 cm³/mol. The van der Waals surface area contributed by atoms with Gasteiger partial charge >= 0.3 is 5.97 Å². The van der Waals surface area contributed by atoms with E-state index in [4.69, 9.17) is 4.74 Å². The lowest BCUT2D eigenvalue weighted by Crippen LogP contribution is -2.38. The van der Waals surface area contributed by atoms with Gasteiger partial charge in [-0.05, 0) is 39.2 Å². The summed E-state index contributed by atoms with van der Waals surface area (Å²) in [6.45, 7) is 10.2. The summed E-state index contributed by atoms with van der Waals surface area (Å²) in [6.07, 6.45) is 4.99. The second-order valence-electron chi connectivity index (χ2n) is 6.14. The first-order valence-electron chi connectivity index (χ1n) is 6.44. The van der Waals surface area contributed by atoms with Crippen molar-refractivity contribution in [3.63, 3.8) is 0 Å². The van der Waals surface area contributed by atoms with Crippen LogP contribution in [-0.2, 0) is 22.7 Å². The molecule has 1 aromatic rings. The van der Waals surface area contributed by atoms with Crippen LogP contribution in [0.15, 0.2) is 24.5 Å². The number of nitrogens with zero attached hydrogens (tertiary/aromatic N) is 1. The molecule has 1 rings (SSSR count). The molecule has 0 bridgehead atoms.